The molecule has 0 bridgehead atoms. The number of halogens is 1. The lowest BCUT2D eigenvalue weighted by Crippen LogP contribution is -2.01. The summed E-state index contributed by atoms with van der Waals surface area (Å²) >= 11 is 6.04. The number of benzene rings is 3. The Morgan fingerprint density at radius 3 is 2.21 bits per heavy atom. The minimum atomic E-state index is -3.27. The minimum Gasteiger partial charge on any atom is -0.399 e. The monoisotopic (exact) mass is 423 g/mol. The first-order chi connectivity index (χ1) is 13.8. The van der Waals surface area contributed by atoms with Gasteiger partial charge in [0.15, 0.2) is 9.84 Å². The van der Waals surface area contributed by atoms with Gasteiger partial charge in [0.25, 0.3) is 0 Å². The third kappa shape index (κ3) is 4.04. The van der Waals surface area contributed by atoms with Crippen LogP contribution in [0.2, 0.25) is 5.02 Å². The van der Waals surface area contributed by atoms with Crippen molar-refractivity contribution >= 4 is 27.1 Å². The van der Waals surface area contributed by atoms with Crippen LogP contribution in [0, 0.1) is 0 Å². The number of aromatic nitrogens is 2. The molecule has 0 saturated heterocycles. The fourth-order valence-electron chi connectivity index (χ4n) is 3.08. The van der Waals surface area contributed by atoms with Gasteiger partial charge in [0.1, 0.15) is 0 Å². The van der Waals surface area contributed by atoms with E-state index in [1.54, 1.807) is 28.9 Å². The van der Waals surface area contributed by atoms with Crippen LogP contribution in [0.5, 0.6) is 0 Å². The number of rotatable bonds is 4. The Hall–Kier alpha value is -3.09. The average molecular weight is 424 g/mol. The van der Waals surface area contributed by atoms with Gasteiger partial charge in [-0.05, 0) is 54.6 Å². The summed E-state index contributed by atoms with van der Waals surface area (Å²) in [5, 5.41) is 5.41. The number of hydrogen-bond donors (Lipinski definition) is 1. The second kappa shape index (κ2) is 7.39. The molecule has 0 radical (unpaired) electrons. The zero-order chi connectivity index (χ0) is 20.6. The summed E-state index contributed by atoms with van der Waals surface area (Å²) in [6.45, 7) is 0. The number of anilines is 1. The van der Waals surface area contributed by atoms with Crippen LogP contribution in [-0.2, 0) is 9.84 Å². The molecule has 0 amide bonds. The van der Waals surface area contributed by atoms with Crippen molar-refractivity contribution in [3.05, 3.63) is 83.9 Å². The van der Waals surface area contributed by atoms with E-state index in [0.29, 0.717) is 10.7 Å². The van der Waals surface area contributed by atoms with Crippen LogP contribution >= 0.6 is 11.6 Å². The molecule has 0 aliphatic rings. The standard InChI is InChI=1S/C22H18ClN3O2S/c1-29(27,28)20-11-9-19(10-12-20)26-22(15-5-7-17(23)8-6-15)14-21(25-26)16-3-2-4-18(24)13-16/h2-14H,24H2,1H3. The number of nitrogen functional groups attached to an aromatic ring is 1. The van der Waals surface area contributed by atoms with Gasteiger partial charge < -0.3 is 5.73 Å². The van der Waals surface area contributed by atoms with E-state index in [0.717, 1.165) is 28.2 Å². The topological polar surface area (TPSA) is 78.0 Å². The molecule has 5 nitrogen and oxygen atoms in total. The van der Waals surface area contributed by atoms with Crippen LogP contribution < -0.4 is 5.73 Å². The van der Waals surface area contributed by atoms with Gasteiger partial charge in [-0.25, -0.2) is 13.1 Å². The molecule has 0 fully saturated rings. The molecule has 0 saturated carbocycles. The molecule has 0 spiro atoms. The van der Waals surface area contributed by atoms with Crippen molar-refractivity contribution < 1.29 is 8.42 Å². The maximum absolute atomic E-state index is 11.8. The van der Waals surface area contributed by atoms with E-state index in [-0.39, 0.29) is 4.90 Å². The molecule has 0 unspecified atom stereocenters. The highest BCUT2D eigenvalue weighted by Gasteiger charge is 2.14. The lowest BCUT2D eigenvalue weighted by molar-refractivity contribution is 0.602. The predicted octanol–water partition coefficient (Wildman–Crippen LogP) is 4.85. The van der Waals surface area contributed by atoms with Crippen LogP contribution in [0.15, 0.2) is 83.8 Å². The van der Waals surface area contributed by atoms with E-state index >= 15 is 0 Å². The molecular weight excluding hydrogens is 406 g/mol. The van der Waals surface area contributed by atoms with E-state index in [4.69, 9.17) is 22.4 Å². The van der Waals surface area contributed by atoms with Gasteiger partial charge in [-0.15, -0.1) is 0 Å². The average Bonchev–Trinajstić information content (AvgIpc) is 3.13. The summed E-state index contributed by atoms with van der Waals surface area (Å²) in [6, 6.07) is 23.6. The van der Waals surface area contributed by atoms with Gasteiger partial charge in [-0.3, -0.25) is 0 Å². The maximum Gasteiger partial charge on any atom is 0.175 e. The Balaban J connectivity index is 1.88. The fraction of sp³-hybridized carbons (Fsp3) is 0.0455. The van der Waals surface area contributed by atoms with Crippen molar-refractivity contribution in [2.24, 2.45) is 0 Å². The van der Waals surface area contributed by atoms with Crippen molar-refractivity contribution in [3.63, 3.8) is 0 Å². The Morgan fingerprint density at radius 1 is 0.897 bits per heavy atom. The first-order valence-corrected chi connectivity index (χ1v) is 11.1. The molecule has 0 aliphatic carbocycles. The molecule has 2 N–H and O–H groups in total. The second-order valence-electron chi connectivity index (χ2n) is 6.73. The zero-order valence-electron chi connectivity index (χ0n) is 15.6. The number of nitrogens with two attached hydrogens (primary N) is 1. The zero-order valence-corrected chi connectivity index (χ0v) is 17.2. The van der Waals surface area contributed by atoms with Crippen molar-refractivity contribution in [1.82, 2.24) is 9.78 Å². The summed E-state index contributed by atoms with van der Waals surface area (Å²) < 4.78 is 25.3. The third-order valence-corrected chi connectivity index (χ3v) is 5.92. The van der Waals surface area contributed by atoms with E-state index in [9.17, 15) is 8.42 Å². The quantitative estimate of drug-likeness (QED) is 0.476. The highest BCUT2D eigenvalue weighted by atomic mass is 35.5. The smallest absolute Gasteiger partial charge is 0.175 e. The lowest BCUT2D eigenvalue weighted by Gasteiger charge is -2.08. The Labute approximate surface area is 174 Å². The Morgan fingerprint density at radius 2 is 1.59 bits per heavy atom. The van der Waals surface area contributed by atoms with Crippen LogP contribution in [0.25, 0.3) is 28.2 Å². The van der Waals surface area contributed by atoms with Crippen LogP contribution in [0.1, 0.15) is 0 Å². The minimum absolute atomic E-state index is 0.262. The molecule has 0 atom stereocenters. The van der Waals surface area contributed by atoms with Gasteiger partial charge >= 0.3 is 0 Å². The SMILES string of the molecule is CS(=O)(=O)c1ccc(-n2nc(-c3cccc(N)c3)cc2-c2ccc(Cl)cc2)cc1. The number of hydrogen-bond acceptors (Lipinski definition) is 4. The molecular formula is C22H18ClN3O2S. The van der Waals surface area contributed by atoms with Gasteiger partial charge in [-0.2, -0.15) is 5.10 Å². The lowest BCUT2D eigenvalue weighted by atomic mass is 10.1. The highest BCUT2D eigenvalue weighted by Crippen LogP contribution is 2.30. The van der Waals surface area contributed by atoms with Gasteiger partial charge in [-0.1, -0.05) is 35.9 Å². The third-order valence-electron chi connectivity index (χ3n) is 4.54. The summed E-state index contributed by atoms with van der Waals surface area (Å²) in [4.78, 5) is 0.262. The Kier molecular flexibility index (Phi) is 4.90. The summed E-state index contributed by atoms with van der Waals surface area (Å²) in [5.74, 6) is 0. The van der Waals surface area contributed by atoms with E-state index in [1.165, 1.54) is 6.26 Å². The van der Waals surface area contributed by atoms with Crippen LogP contribution in [0.3, 0.4) is 0 Å². The normalized spacial score (nSPS) is 11.5. The molecule has 0 aliphatic heterocycles. The molecule has 4 rings (SSSR count). The first kappa shape index (κ1) is 19.2. The molecule has 1 heterocycles. The second-order valence-corrected chi connectivity index (χ2v) is 9.18. The van der Waals surface area contributed by atoms with Gasteiger partial charge in [0.2, 0.25) is 0 Å². The van der Waals surface area contributed by atoms with E-state index in [1.807, 2.05) is 54.6 Å². The van der Waals surface area contributed by atoms with Gasteiger partial charge in [0, 0.05) is 28.1 Å². The summed E-state index contributed by atoms with van der Waals surface area (Å²) in [5.41, 5.74) is 10.8. The maximum atomic E-state index is 11.8. The fourth-order valence-corrected chi connectivity index (χ4v) is 3.83. The summed E-state index contributed by atoms with van der Waals surface area (Å²) in [7, 11) is -3.27. The highest BCUT2D eigenvalue weighted by molar-refractivity contribution is 7.90. The molecule has 4 aromatic rings. The van der Waals surface area contributed by atoms with Gasteiger partial charge in [0.05, 0.1) is 22.0 Å². The molecule has 7 heteroatoms. The van der Waals surface area contributed by atoms with Crippen molar-refractivity contribution in [2.45, 2.75) is 4.90 Å². The predicted molar refractivity (Wildman–Crippen MR) is 117 cm³/mol. The van der Waals surface area contributed by atoms with Crippen molar-refractivity contribution in [2.75, 3.05) is 12.0 Å². The molecule has 1 aromatic heterocycles. The van der Waals surface area contributed by atoms with Crippen LogP contribution in [-0.4, -0.2) is 24.5 Å². The summed E-state index contributed by atoms with van der Waals surface area (Å²) in [6.07, 6.45) is 1.19. The number of nitrogens with zero attached hydrogens (tertiary/aromatic N) is 2. The van der Waals surface area contributed by atoms with Crippen LogP contribution in [0.4, 0.5) is 5.69 Å². The van der Waals surface area contributed by atoms with Crippen molar-refractivity contribution in [1.29, 1.82) is 0 Å². The van der Waals surface area contributed by atoms with E-state index in [2.05, 4.69) is 0 Å². The molecule has 146 valence electrons. The molecule has 3 aromatic carbocycles. The number of sulfone groups is 1. The largest absolute Gasteiger partial charge is 0.399 e. The van der Waals surface area contributed by atoms with Crippen molar-refractivity contribution in [3.8, 4) is 28.2 Å². The Bertz CT molecular complexity index is 1280. The van der Waals surface area contributed by atoms with E-state index < -0.39 is 9.84 Å². The molecule has 29 heavy (non-hydrogen) atoms. The first-order valence-electron chi connectivity index (χ1n) is 8.84.